The molecule has 118 valence electrons. The third-order valence-corrected chi connectivity index (χ3v) is 6.01. The minimum absolute atomic E-state index is 0.0125. The summed E-state index contributed by atoms with van der Waals surface area (Å²) in [6, 6.07) is 1.22. The molecule has 0 radical (unpaired) electrons. The van der Waals surface area contributed by atoms with Crippen LogP contribution < -0.4 is 0 Å². The third-order valence-electron chi connectivity index (χ3n) is 4.03. The van der Waals surface area contributed by atoms with E-state index < -0.39 is 16.0 Å². The van der Waals surface area contributed by atoms with Gasteiger partial charge in [0.25, 0.3) is 0 Å². The van der Waals surface area contributed by atoms with Crippen molar-refractivity contribution in [1.29, 1.82) is 0 Å². The van der Waals surface area contributed by atoms with Gasteiger partial charge in [-0.05, 0) is 32.8 Å². The first-order chi connectivity index (χ1) is 9.87. The van der Waals surface area contributed by atoms with Gasteiger partial charge in [-0.2, -0.15) is 4.31 Å². The highest BCUT2D eigenvalue weighted by Gasteiger charge is 2.31. The summed E-state index contributed by atoms with van der Waals surface area (Å²) in [5, 5.41) is 9.15. The van der Waals surface area contributed by atoms with Crippen molar-refractivity contribution in [3.8, 4) is 0 Å². The Morgan fingerprint density at radius 2 is 2.10 bits per heavy atom. The van der Waals surface area contributed by atoms with Crippen LogP contribution in [0.5, 0.6) is 0 Å². The van der Waals surface area contributed by atoms with Gasteiger partial charge in [0, 0.05) is 25.3 Å². The molecule has 0 saturated carbocycles. The van der Waals surface area contributed by atoms with E-state index in [0.717, 1.165) is 25.7 Å². The normalized spacial score (nSPS) is 21.1. The van der Waals surface area contributed by atoms with Crippen LogP contribution in [0, 0.1) is 0 Å². The Hall–Kier alpha value is -1.34. The number of hydrogen-bond acceptors (Lipinski definition) is 3. The van der Waals surface area contributed by atoms with E-state index in [1.807, 2.05) is 6.92 Å². The fraction of sp³-hybridized carbons (Fsp3) is 0.643. The standard InChI is InChI=1S/C14H22N2O4S/c1-3-15-10-12(9-13(15)14(17)18)21(19,20)16-8-6-4-5-7-11(16)2/h9-11H,3-8H2,1-2H3,(H,17,18). The lowest BCUT2D eigenvalue weighted by Gasteiger charge is -2.25. The number of rotatable bonds is 4. The maximum atomic E-state index is 12.8. The Morgan fingerprint density at radius 3 is 2.67 bits per heavy atom. The lowest BCUT2D eigenvalue weighted by molar-refractivity contribution is 0.0685. The number of aromatic carboxylic acids is 1. The van der Waals surface area contributed by atoms with E-state index in [4.69, 9.17) is 5.11 Å². The lowest BCUT2D eigenvalue weighted by atomic mass is 10.1. The summed E-state index contributed by atoms with van der Waals surface area (Å²) in [4.78, 5) is 11.3. The molecule has 1 saturated heterocycles. The molecule has 0 aliphatic carbocycles. The lowest BCUT2D eigenvalue weighted by Crippen LogP contribution is -2.38. The van der Waals surface area contributed by atoms with Crippen molar-refractivity contribution in [2.45, 2.75) is 57.0 Å². The predicted octanol–water partition coefficient (Wildman–Crippen LogP) is 2.16. The van der Waals surface area contributed by atoms with Crippen LogP contribution in [-0.4, -0.2) is 41.0 Å². The fourth-order valence-corrected chi connectivity index (χ4v) is 4.55. The fourth-order valence-electron chi connectivity index (χ4n) is 2.81. The van der Waals surface area contributed by atoms with Crippen LogP contribution in [-0.2, 0) is 16.6 Å². The molecule has 2 rings (SSSR count). The molecule has 1 aromatic rings. The van der Waals surface area contributed by atoms with Crippen LogP contribution in [0.4, 0.5) is 0 Å². The molecular weight excluding hydrogens is 292 g/mol. The van der Waals surface area contributed by atoms with Crippen molar-refractivity contribution in [3.63, 3.8) is 0 Å². The van der Waals surface area contributed by atoms with E-state index in [9.17, 15) is 13.2 Å². The molecule has 7 heteroatoms. The molecular formula is C14H22N2O4S. The van der Waals surface area contributed by atoms with Crippen molar-refractivity contribution in [1.82, 2.24) is 8.87 Å². The molecule has 1 aliphatic heterocycles. The molecule has 1 fully saturated rings. The summed E-state index contributed by atoms with van der Waals surface area (Å²) < 4.78 is 28.5. The third kappa shape index (κ3) is 3.13. The number of nitrogens with zero attached hydrogens (tertiary/aromatic N) is 2. The average molecular weight is 314 g/mol. The smallest absolute Gasteiger partial charge is 0.352 e. The first-order valence-corrected chi connectivity index (χ1v) is 8.77. The van der Waals surface area contributed by atoms with E-state index in [0.29, 0.717) is 13.1 Å². The number of carboxylic acids is 1. The van der Waals surface area contributed by atoms with E-state index in [1.165, 1.54) is 21.1 Å². The van der Waals surface area contributed by atoms with Gasteiger partial charge in [-0.15, -0.1) is 0 Å². The molecule has 1 aliphatic rings. The van der Waals surface area contributed by atoms with Crippen molar-refractivity contribution < 1.29 is 18.3 Å². The van der Waals surface area contributed by atoms with Gasteiger partial charge in [0.1, 0.15) is 10.6 Å². The second-order valence-corrected chi connectivity index (χ2v) is 7.36. The first-order valence-electron chi connectivity index (χ1n) is 7.33. The van der Waals surface area contributed by atoms with Gasteiger partial charge >= 0.3 is 5.97 Å². The maximum absolute atomic E-state index is 12.8. The predicted molar refractivity (Wildman–Crippen MR) is 78.9 cm³/mol. The van der Waals surface area contributed by atoms with Gasteiger partial charge in [0.05, 0.1) is 0 Å². The van der Waals surface area contributed by atoms with Crippen LogP contribution >= 0.6 is 0 Å². The zero-order valence-corrected chi connectivity index (χ0v) is 13.3. The van der Waals surface area contributed by atoms with E-state index >= 15 is 0 Å². The Morgan fingerprint density at radius 1 is 1.38 bits per heavy atom. The molecule has 1 N–H and O–H groups in total. The Labute approximate surface area is 125 Å². The average Bonchev–Trinajstić information content (AvgIpc) is 2.76. The quantitative estimate of drug-likeness (QED) is 0.923. The van der Waals surface area contributed by atoms with Crippen LogP contribution in [0.3, 0.4) is 0 Å². The van der Waals surface area contributed by atoms with Gasteiger partial charge in [0.2, 0.25) is 10.0 Å². The van der Waals surface area contributed by atoms with Crippen LogP contribution in [0.1, 0.15) is 50.0 Å². The van der Waals surface area contributed by atoms with Crippen LogP contribution in [0.25, 0.3) is 0 Å². The first kappa shape index (κ1) is 16.0. The number of sulfonamides is 1. The molecule has 2 heterocycles. The second kappa shape index (κ2) is 6.19. The summed E-state index contributed by atoms with van der Waals surface area (Å²) in [5.74, 6) is -1.11. The molecule has 1 aromatic heterocycles. The summed E-state index contributed by atoms with van der Waals surface area (Å²) >= 11 is 0. The SMILES string of the molecule is CCn1cc(S(=O)(=O)N2CCCCCC2C)cc1C(=O)O. The minimum atomic E-state index is -3.63. The van der Waals surface area contributed by atoms with E-state index in [1.54, 1.807) is 6.92 Å². The molecule has 0 aromatic carbocycles. The van der Waals surface area contributed by atoms with E-state index in [-0.39, 0.29) is 16.6 Å². The monoisotopic (exact) mass is 314 g/mol. The van der Waals surface area contributed by atoms with Gasteiger partial charge in [-0.25, -0.2) is 13.2 Å². The van der Waals surface area contributed by atoms with E-state index in [2.05, 4.69) is 0 Å². The number of hydrogen-bond donors (Lipinski definition) is 1. The molecule has 0 bridgehead atoms. The topological polar surface area (TPSA) is 79.6 Å². The molecule has 21 heavy (non-hydrogen) atoms. The molecule has 1 unspecified atom stereocenters. The molecule has 0 spiro atoms. The van der Waals surface area contributed by atoms with Crippen molar-refractivity contribution >= 4 is 16.0 Å². The number of aromatic nitrogens is 1. The van der Waals surface area contributed by atoms with Crippen LogP contribution in [0.15, 0.2) is 17.2 Å². The highest BCUT2D eigenvalue weighted by atomic mass is 32.2. The highest BCUT2D eigenvalue weighted by Crippen LogP contribution is 2.26. The van der Waals surface area contributed by atoms with Crippen molar-refractivity contribution in [3.05, 3.63) is 18.0 Å². The molecule has 0 amide bonds. The highest BCUT2D eigenvalue weighted by molar-refractivity contribution is 7.89. The maximum Gasteiger partial charge on any atom is 0.352 e. The number of aryl methyl sites for hydroxylation is 1. The van der Waals surface area contributed by atoms with Gasteiger partial charge in [0.15, 0.2) is 0 Å². The second-order valence-electron chi connectivity index (χ2n) is 5.47. The van der Waals surface area contributed by atoms with Gasteiger partial charge < -0.3 is 9.67 Å². The van der Waals surface area contributed by atoms with Crippen LogP contribution in [0.2, 0.25) is 0 Å². The van der Waals surface area contributed by atoms with Crippen molar-refractivity contribution in [2.75, 3.05) is 6.54 Å². The molecule has 6 nitrogen and oxygen atoms in total. The number of carboxylic acid groups (broad SMARTS) is 1. The zero-order chi connectivity index (χ0) is 15.6. The Bertz CT molecular complexity index is 621. The minimum Gasteiger partial charge on any atom is -0.477 e. The van der Waals surface area contributed by atoms with Gasteiger partial charge in [-0.3, -0.25) is 0 Å². The Kier molecular flexibility index (Phi) is 4.73. The summed E-state index contributed by atoms with van der Waals surface area (Å²) in [6.07, 6.45) is 5.19. The largest absolute Gasteiger partial charge is 0.477 e. The van der Waals surface area contributed by atoms with Crippen molar-refractivity contribution in [2.24, 2.45) is 0 Å². The number of carbonyl (C=O) groups is 1. The summed E-state index contributed by atoms with van der Waals surface area (Å²) in [7, 11) is -3.63. The van der Waals surface area contributed by atoms with Gasteiger partial charge in [-0.1, -0.05) is 12.8 Å². The summed E-state index contributed by atoms with van der Waals surface area (Å²) in [5.41, 5.74) is 0.0125. The molecule has 1 atom stereocenters. The summed E-state index contributed by atoms with van der Waals surface area (Å²) in [6.45, 7) is 4.63. The zero-order valence-electron chi connectivity index (χ0n) is 12.4. The Balaban J connectivity index is 2.41.